The monoisotopic (exact) mass is 360 g/mol. The van der Waals surface area contributed by atoms with E-state index in [1.54, 1.807) is 11.6 Å². The van der Waals surface area contributed by atoms with Crippen molar-refractivity contribution in [3.63, 3.8) is 0 Å². The molecule has 3 aromatic rings. The number of halogens is 1. The number of aromatic carboxylic acids is 1. The highest BCUT2D eigenvalue weighted by molar-refractivity contribution is 7.22. The van der Waals surface area contributed by atoms with Gasteiger partial charge >= 0.3 is 5.97 Å². The van der Waals surface area contributed by atoms with Crippen LogP contribution in [0.15, 0.2) is 18.2 Å². The topological polar surface area (TPSA) is 71.2 Å². The first kappa shape index (κ1) is 16.0. The highest BCUT2D eigenvalue weighted by Gasteiger charge is 2.19. The molecule has 1 aliphatic heterocycles. The molecule has 3 heterocycles. The van der Waals surface area contributed by atoms with Crippen molar-refractivity contribution in [1.29, 1.82) is 0 Å². The molecule has 0 aliphatic carbocycles. The molecule has 6 nitrogen and oxygen atoms in total. The highest BCUT2D eigenvalue weighted by atomic mass is 32.1. The zero-order chi connectivity index (χ0) is 17.6. The number of hydrogen-bond acceptors (Lipinski definition) is 5. The van der Waals surface area contributed by atoms with Crippen molar-refractivity contribution in [2.24, 2.45) is 0 Å². The van der Waals surface area contributed by atoms with E-state index >= 15 is 0 Å². The summed E-state index contributed by atoms with van der Waals surface area (Å²) in [5.41, 5.74) is 2.17. The zero-order valence-electron chi connectivity index (χ0n) is 13.7. The highest BCUT2D eigenvalue weighted by Crippen LogP contribution is 2.33. The van der Waals surface area contributed by atoms with Crippen molar-refractivity contribution in [2.75, 3.05) is 18.0 Å². The molecule has 0 radical (unpaired) electrons. The van der Waals surface area contributed by atoms with Gasteiger partial charge in [0.25, 0.3) is 0 Å². The number of carboxylic acid groups (broad SMARTS) is 1. The number of benzene rings is 1. The molecule has 0 atom stereocenters. The molecule has 0 bridgehead atoms. The zero-order valence-corrected chi connectivity index (χ0v) is 14.5. The molecule has 0 unspecified atom stereocenters. The summed E-state index contributed by atoms with van der Waals surface area (Å²) < 4.78 is 16.4. The summed E-state index contributed by atoms with van der Waals surface area (Å²) in [6, 6.07) is 4.47. The van der Waals surface area contributed by atoms with Crippen LogP contribution in [-0.2, 0) is 6.54 Å². The minimum atomic E-state index is -1.07. The van der Waals surface area contributed by atoms with Gasteiger partial charge in [-0.25, -0.2) is 14.2 Å². The van der Waals surface area contributed by atoms with Gasteiger partial charge in [0.2, 0.25) is 0 Å². The van der Waals surface area contributed by atoms with E-state index < -0.39 is 5.97 Å². The third-order valence-electron chi connectivity index (χ3n) is 4.42. The van der Waals surface area contributed by atoms with Crippen LogP contribution in [0.1, 0.15) is 34.6 Å². The molecule has 1 aromatic carbocycles. The van der Waals surface area contributed by atoms with Gasteiger partial charge in [-0.3, -0.25) is 4.68 Å². The van der Waals surface area contributed by atoms with Crippen LogP contribution < -0.4 is 4.90 Å². The Morgan fingerprint density at radius 3 is 2.76 bits per heavy atom. The Bertz CT molecular complexity index is 959. The number of aromatic nitrogens is 3. The number of carbonyl (C=O) groups is 1. The van der Waals surface area contributed by atoms with Gasteiger partial charge < -0.3 is 10.0 Å². The van der Waals surface area contributed by atoms with Gasteiger partial charge in [0.15, 0.2) is 10.8 Å². The van der Waals surface area contributed by atoms with E-state index in [1.165, 1.54) is 29.5 Å². The van der Waals surface area contributed by atoms with E-state index in [2.05, 4.69) is 10.00 Å². The van der Waals surface area contributed by atoms with Crippen molar-refractivity contribution in [3.8, 4) is 0 Å². The van der Waals surface area contributed by atoms with Gasteiger partial charge in [0, 0.05) is 24.3 Å². The molecule has 4 rings (SSSR count). The maximum absolute atomic E-state index is 14.1. The lowest BCUT2D eigenvalue weighted by molar-refractivity contribution is 0.0689. The number of anilines is 1. The standard InChI is InChI=1S/C17H17FN4O2S/c1-10-6-13(16(23)24)20-22(10)9-11-7-12(18)8-14-15(11)19-17(25-14)21-4-2-3-5-21/h6-8H,2-5,9H2,1H3,(H,23,24). The van der Waals surface area contributed by atoms with Gasteiger partial charge in [0.1, 0.15) is 5.82 Å². The van der Waals surface area contributed by atoms with E-state index in [0.717, 1.165) is 41.3 Å². The molecular formula is C17H17FN4O2S. The van der Waals surface area contributed by atoms with Gasteiger partial charge in [-0.15, -0.1) is 0 Å². The average molecular weight is 360 g/mol. The van der Waals surface area contributed by atoms with Crippen LogP contribution in [0.5, 0.6) is 0 Å². The lowest BCUT2D eigenvalue weighted by atomic mass is 10.2. The summed E-state index contributed by atoms with van der Waals surface area (Å²) in [4.78, 5) is 18.0. The predicted molar refractivity (Wildman–Crippen MR) is 94.1 cm³/mol. The molecule has 0 amide bonds. The van der Waals surface area contributed by atoms with Crippen LogP contribution >= 0.6 is 11.3 Å². The second-order valence-corrected chi connectivity index (χ2v) is 7.25. The van der Waals surface area contributed by atoms with Crippen molar-refractivity contribution in [1.82, 2.24) is 14.8 Å². The molecule has 130 valence electrons. The Labute approximate surface area is 147 Å². The van der Waals surface area contributed by atoms with Gasteiger partial charge in [-0.2, -0.15) is 5.10 Å². The van der Waals surface area contributed by atoms with Crippen LogP contribution in [0.4, 0.5) is 9.52 Å². The minimum absolute atomic E-state index is 0.0128. The van der Waals surface area contributed by atoms with E-state index in [9.17, 15) is 9.18 Å². The van der Waals surface area contributed by atoms with E-state index in [0.29, 0.717) is 11.3 Å². The summed E-state index contributed by atoms with van der Waals surface area (Å²) >= 11 is 1.50. The molecule has 1 N–H and O–H groups in total. The maximum atomic E-state index is 14.1. The maximum Gasteiger partial charge on any atom is 0.356 e. The molecular weight excluding hydrogens is 343 g/mol. The number of fused-ring (bicyclic) bond motifs is 1. The Morgan fingerprint density at radius 2 is 2.08 bits per heavy atom. The van der Waals surface area contributed by atoms with Crippen molar-refractivity contribution in [3.05, 3.63) is 41.0 Å². The number of rotatable bonds is 4. The van der Waals surface area contributed by atoms with Crippen LogP contribution in [0.25, 0.3) is 10.2 Å². The Morgan fingerprint density at radius 1 is 1.32 bits per heavy atom. The molecule has 25 heavy (non-hydrogen) atoms. The lowest BCUT2D eigenvalue weighted by Gasteiger charge is -2.12. The number of thiazole rings is 1. The summed E-state index contributed by atoms with van der Waals surface area (Å²) in [7, 11) is 0. The van der Waals surface area contributed by atoms with Crippen molar-refractivity contribution >= 4 is 32.7 Å². The summed E-state index contributed by atoms with van der Waals surface area (Å²) in [6.07, 6.45) is 2.31. The second kappa shape index (κ2) is 6.11. The number of carboxylic acids is 1. The summed E-state index contributed by atoms with van der Waals surface area (Å²) in [5.74, 6) is -1.39. The fourth-order valence-corrected chi connectivity index (χ4v) is 4.24. The Kier molecular flexibility index (Phi) is 3.91. The van der Waals surface area contributed by atoms with Crippen LogP contribution in [-0.4, -0.2) is 38.9 Å². The van der Waals surface area contributed by atoms with Gasteiger partial charge in [-0.1, -0.05) is 11.3 Å². The number of hydrogen-bond donors (Lipinski definition) is 1. The number of nitrogens with zero attached hydrogens (tertiary/aromatic N) is 4. The molecule has 8 heteroatoms. The van der Waals surface area contributed by atoms with Crippen molar-refractivity contribution in [2.45, 2.75) is 26.3 Å². The molecule has 0 spiro atoms. The van der Waals surface area contributed by atoms with Gasteiger partial charge in [-0.05, 0) is 38.0 Å². The quantitative estimate of drug-likeness (QED) is 0.773. The van der Waals surface area contributed by atoms with E-state index in [4.69, 9.17) is 10.1 Å². The van der Waals surface area contributed by atoms with E-state index in [-0.39, 0.29) is 18.1 Å². The summed E-state index contributed by atoms with van der Waals surface area (Å²) in [6.45, 7) is 4.04. The number of aryl methyl sites for hydroxylation is 1. The Hall–Kier alpha value is -2.48. The van der Waals surface area contributed by atoms with E-state index in [1.807, 2.05) is 0 Å². The molecule has 1 fully saturated rings. The predicted octanol–water partition coefficient (Wildman–Crippen LogP) is 3.29. The molecule has 2 aromatic heterocycles. The lowest BCUT2D eigenvalue weighted by Crippen LogP contribution is -2.17. The van der Waals surface area contributed by atoms with Crippen molar-refractivity contribution < 1.29 is 14.3 Å². The summed E-state index contributed by atoms with van der Waals surface area (Å²) in [5, 5.41) is 14.1. The Balaban J connectivity index is 1.74. The minimum Gasteiger partial charge on any atom is -0.476 e. The smallest absolute Gasteiger partial charge is 0.356 e. The van der Waals surface area contributed by atoms with Gasteiger partial charge in [0.05, 0.1) is 16.8 Å². The van der Waals surface area contributed by atoms with Crippen LogP contribution in [0, 0.1) is 12.7 Å². The van der Waals surface area contributed by atoms with Crippen LogP contribution in [0.3, 0.4) is 0 Å². The third-order valence-corrected chi connectivity index (χ3v) is 5.49. The third kappa shape index (κ3) is 2.97. The largest absolute Gasteiger partial charge is 0.476 e. The molecule has 1 aliphatic rings. The second-order valence-electron chi connectivity index (χ2n) is 6.24. The first-order valence-corrected chi connectivity index (χ1v) is 8.94. The normalized spacial score (nSPS) is 14.6. The first-order chi connectivity index (χ1) is 12.0. The first-order valence-electron chi connectivity index (χ1n) is 8.13. The molecule has 1 saturated heterocycles. The van der Waals surface area contributed by atoms with Crippen LogP contribution in [0.2, 0.25) is 0 Å². The molecule has 0 saturated carbocycles. The average Bonchev–Trinajstić information content (AvgIpc) is 3.26. The SMILES string of the molecule is Cc1cc(C(=O)O)nn1Cc1cc(F)cc2sc(N3CCCC3)nc12. The fourth-order valence-electron chi connectivity index (χ4n) is 3.15. The fraction of sp³-hybridized carbons (Fsp3) is 0.353.